The number of carbonyl (C=O) groups is 1. The summed E-state index contributed by atoms with van der Waals surface area (Å²) in [6, 6.07) is 24.5. The number of anilines is 3. The van der Waals surface area contributed by atoms with Gasteiger partial charge in [-0.05, 0) is 48.0 Å². The molecular formula is C26H25N5O3. The maximum Gasteiger partial charge on any atom is 0.277 e. The van der Waals surface area contributed by atoms with Crippen LogP contribution < -0.4 is 15.4 Å². The Morgan fingerprint density at radius 2 is 1.59 bits per heavy atom. The number of rotatable bonds is 8. The van der Waals surface area contributed by atoms with Crippen molar-refractivity contribution in [3.63, 3.8) is 0 Å². The summed E-state index contributed by atoms with van der Waals surface area (Å²) in [5.74, 6) is 2.51. The van der Waals surface area contributed by atoms with Gasteiger partial charge in [0.1, 0.15) is 29.5 Å². The third kappa shape index (κ3) is 5.13. The van der Waals surface area contributed by atoms with E-state index in [0.717, 1.165) is 22.6 Å². The first-order valence-electron chi connectivity index (χ1n) is 10.6. The molecular weight excluding hydrogens is 430 g/mol. The van der Waals surface area contributed by atoms with E-state index in [1.54, 1.807) is 25.2 Å². The molecule has 0 fully saturated rings. The van der Waals surface area contributed by atoms with Gasteiger partial charge in [-0.3, -0.25) is 9.63 Å². The number of para-hydroxylation sites is 1. The van der Waals surface area contributed by atoms with E-state index in [1.807, 2.05) is 67.7 Å². The Labute approximate surface area is 198 Å². The molecule has 0 spiro atoms. The van der Waals surface area contributed by atoms with Crippen LogP contribution in [0.3, 0.4) is 0 Å². The summed E-state index contributed by atoms with van der Waals surface area (Å²) in [6.07, 6.45) is 1.48. The minimum atomic E-state index is -0.251. The molecule has 0 atom stereocenters. The van der Waals surface area contributed by atoms with Crippen LogP contribution in [0.1, 0.15) is 10.4 Å². The molecule has 172 valence electrons. The molecule has 1 amide bonds. The molecule has 8 heteroatoms. The monoisotopic (exact) mass is 455 g/mol. The molecule has 1 aromatic heterocycles. The second-order valence-electron chi connectivity index (χ2n) is 7.33. The molecule has 0 aliphatic carbocycles. The molecule has 8 nitrogen and oxygen atoms in total. The van der Waals surface area contributed by atoms with Crippen molar-refractivity contribution < 1.29 is 14.4 Å². The fourth-order valence-corrected chi connectivity index (χ4v) is 3.39. The summed E-state index contributed by atoms with van der Waals surface area (Å²) in [4.78, 5) is 26.3. The Hall–Kier alpha value is -4.43. The maximum absolute atomic E-state index is 12.5. The predicted octanol–water partition coefficient (Wildman–Crippen LogP) is 5.35. The summed E-state index contributed by atoms with van der Waals surface area (Å²) in [6.45, 7) is 0. The topological polar surface area (TPSA) is 88.6 Å². The van der Waals surface area contributed by atoms with Crippen molar-refractivity contribution in [2.75, 3.05) is 31.8 Å². The SMILES string of the molecule is CNc1ncnc(Nc2cccc(C(=O)N(C)OC)c2)c1-c1ccc(Oc2ccccc2)cc1. The van der Waals surface area contributed by atoms with Crippen molar-refractivity contribution in [3.05, 3.63) is 90.8 Å². The number of carbonyl (C=O) groups excluding carboxylic acids is 1. The van der Waals surface area contributed by atoms with E-state index >= 15 is 0 Å². The molecule has 0 saturated carbocycles. The van der Waals surface area contributed by atoms with Crippen LogP contribution in [0, 0.1) is 0 Å². The van der Waals surface area contributed by atoms with Crippen molar-refractivity contribution >= 4 is 23.2 Å². The summed E-state index contributed by atoms with van der Waals surface area (Å²) >= 11 is 0. The second-order valence-corrected chi connectivity index (χ2v) is 7.33. The normalized spacial score (nSPS) is 10.4. The fourth-order valence-electron chi connectivity index (χ4n) is 3.39. The summed E-state index contributed by atoms with van der Waals surface area (Å²) < 4.78 is 5.91. The van der Waals surface area contributed by atoms with E-state index in [4.69, 9.17) is 9.57 Å². The highest BCUT2D eigenvalue weighted by Gasteiger charge is 2.16. The highest BCUT2D eigenvalue weighted by molar-refractivity contribution is 5.95. The van der Waals surface area contributed by atoms with Gasteiger partial charge in [0.2, 0.25) is 0 Å². The van der Waals surface area contributed by atoms with Gasteiger partial charge in [0.15, 0.2) is 0 Å². The minimum Gasteiger partial charge on any atom is -0.457 e. The van der Waals surface area contributed by atoms with E-state index in [1.165, 1.54) is 18.5 Å². The number of hydrogen-bond donors (Lipinski definition) is 2. The molecule has 4 rings (SSSR count). The third-order valence-corrected chi connectivity index (χ3v) is 5.14. The summed E-state index contributed by atoms with van der Waals surface area (Å²) in [5.41, 5.74) is 2.89. The van der Waals surface area contributed by atoms with Crippen molar-refractivity contribution in [3.8, 4) is 22.6 Å². The summed E-state index contributed by atoms with van der Waals surface area (Å²) in [5, 5.41) is 7.62. The van der Waals surface area contributed by atoms with Gasteiger partial charge in [0, 0.05) is 25.3 Å². The average molecular weight is 456 g/mol. The molecule has 0 aliphatic rings. The largest absolute Gasteiger partial charge is 0.457 e. The van der Waals surface area contributed by atoms with Gasteiger partial charge in [-0.1, -0.05) is 36.4 Å². The summed E-state index contributed by atoms with van der Waals surface area (Å²) in [7, 11) is 4.82. The number of ether oxygens (including phenoxy) is 1. The van der Waals surface area contributed by atoms with Crippen LogP contribution in [-0.2, 0) is 4.84 Å². The molecule has 4 aromatic rings. The Morgan fingerprint density at radius 1 is 0.882 bits per heavy atom. The van der Waals surface area contributed by atoms with Crippen LogP contribution >= 0.6 is 0 Å². The number of hydroxylamine groups is 2. The van der Waals surface area contributed by atoms with E-state index in [9.17, 15) is 4.79 Å². The number of nitrogens with one attached hydrogen (secondary N) is 2. The Kier molecular flexibility index (Phi) is 7.00. The smallest absolute Gasteiger partial charge is 0.277 e. The lowest BCUT2D eigenvalue weighted by molar-refractivity contribution is -0.0756. The Bertz CT molecular complexity index is 1260. The molecule has 1 heterocycles. The number of hydrogen-bond acceptors (Lipinski definition) is 7. The molecule has 3 aromatic carbocycles. The minimum absolute atomic E-state index is 0.251. The first-order chi connectivity index (χ1) is 16.6. The van der Waals surface area contributed by atoms with Crippen molar-refractivity contribution in [2.45, 2.75) is 0 Å². The van der Waals surface area contributed by atoms with Crippen LogP contribution in [0.4, 0.5) is 17.3 Å². The van der Waals surface area contributed by atoms with Crippen molar-refractivity contribution in [2.24, 2.45) is 0 Å². The first-order valence-corrected chi connectivity index (χ1v) is 10.6. The van der Waals surface area contributed by atoms with E-state index in [0.29, 0.717) is 22.9 Å². The number of benzene rings is 3. The van der Waals surface area contributed by atoms with Gasteiger partial charge in [-0.15, -0.1) is 0 Å². The lowest BCUT2D eigenvalue weighted by Gasteiger charge is -2.16. The molecule has 0 unspecified atom stereocenters. The van der Waals surface area contributed by atoms with Crippen LogP contribution in [0.2, 0.25) is 0 Å². The second kappa shape index (κ2) is 10.5. The number of amides is 1. The van der Waals surface area contributed by atoms with Gasteiger partial charge < -0.3 is 15.4 Å². The molecule has 0 saturated heterocycles. The quantitative estimate of drug-likeness (QED) is 0.346. The number of aromatic nitrogens is 2. The lowest BCUT2D eigenvalue weighted by atomic mass is 10.1. The molecule has 0 aliphatic heterocycles. The molecule has 34 heavy (non-hydrogen) atoms. The predicted molar refractivity (Wildman–Crippen MR) is 132 cm³/mol. The van der Waals surface area contributed by atoms with Crippen molar-refractivity contribution in [1.29, 1.82) is 0 Å². The zero-order valence-corrected chi connectivity index (χ0v) is 19.1. The molecule has 0 bridgehead atoms. The van der Waals surface area contributed by atoms with Gasteiger partial charge in [-0.2, -0.15) is 0 Å². The van der Waals surface area contributed by atoms with Gasteiger partial charge in [-0.25, -0.2) is 15.0 Å². The Balaban J connectivity index is 1.63. The highest BCUT2D eigenvalue weighted by atomic mass is 16.7. The van der Waals surface area contributed by atoms with Crippen LogP contribution in [0.15, 0.2) is 85.2 Å². The zero-order chi connectivity index (χ0) is 23.9. The van der Waals surface area contributed by atoms with Crippen LogP contribution in [0.5, 0.6) is 11.5 Å². The van der Waals surface area contributed by atoms with Crippen LogP contribution in [0.25, 0.3) is 11.1 Å². The van der Waals surface area contributed by atoms with Crippen LogP contribution in [-0.4, -0.2) is 42.1 Å². The van der Waals surface area contributed by atoms with Crippen molar-refractivity contribution in [1.82, 2.24) is 15.0 Å². The average Bonchev–Trinajstić information content (AvgIpc) is 2.89. The van der Waals surface area contributed by atoms with Gasteiger partial charge in [0.25, 0.3) is 5.91 Å². The van der Waals surface area contributed by atoms with E-state index in [2.05, 4.69) is 20.6 Å². The molecule has 0 radical (unpaired) electrons. The first kappa shape index (κ1) is 22.8. The standard InChI is InChI=1S/C26H25N5O3/c1-27-24-23(18-12-14-22(15-13-18)34-21-10-5-4-6-11-21)25(29-17-28-24)30-20-9-7-8-19(16-20)26(32)31(2)33-3/h4-17H,1-3H3,(H2,27,28,29,30). The lowest BCUT2D eigenvalue weighted by Crippen LogP contribution is -2.25. The molecule has 2 N–H and O–H groups in total. The zero-order valence-electron chi connectivity index (χ0n) is 19.1. The van der Waals surface area contributed by atoms with Gasteiger partial charge >= 0.3 is 0 Å². The fraction of sp³-hybridized carbons (Fsp3) is 0.115. The maximum atomic E-state index is 12.5. The third-order valence-electron chi connectivity index (χ3n) is 5.14. The van der Waals surface area contributed by atoms with E-state index < -0.39 is 0 Å². The highest BCUT2D eigenvalue weighted by Crippen LogP contribution is 2.35. The van der Waals surface area contributed by atoms with Gasteiger partial charge in [0.05, 0.1) is 12.7 Å². The number of nitrogens with zero attached hydrogens (tertiary/aromatic N) is 3. The Morgan fingerprint density at radius 3 is 2.29 bits per heavy atom. The van der Waals surface area contributed by atoms with E-state index in [-0.39, 0.29) is 5.91 Å².